The molecule has 2 heteroatoms. The predicted molar refractivity (Wildman–Crippen MR) is 72.3 cm³/mol. The first-order valence-electron chi connectivity index (χ1n) is 6.95. The molecule has 0 N–H and O–H groups in total. The van der Waals surface area contributed by atoms with E-state index in [0.29, 0.717) is 23.7 Å². The Kier molecular flexibility index (Phi) is 3.73. The van der Waals surface area contributed by atoms with Crippen LogP contribution in [-0.4, -0.2) is 6.10 Å². The first-order valence-corrected chi connectivity index (χ1v) is 6.95. The van der Waals surface area contributed by atoms with E-state index in [1.165, 1.54) is 6.42 Å². The molecule has 0 bridgehead atoms. The van der Waals surface area contributed by atoms with Crippen LogP contribution in [0.1, 0.15) is 40.5 Å². The molecule has 2 rings (SSSR count). The zero-order valence-corrected chi connectivity index (χ0v) is 11.8. The first kappa shape index (κ1) is 13.5. The topological polar surface area (TPSA) is 18.5 Å². The summed E-state index contributed by atoms with van der Waals surface area (Å²) in [6.07, 6.45) is 14.4. The smallest absolute Gasteiger partial charge is 0.153 e. The summed E-state index contributed by atoms with van der Waals surface area (Å²) in [7, 11) is 0. The van der Waals surface area contributed by atoms with Crippen LogP contribution in [0.5, 0.6) is 0 Å². The van der Waals surface area contributed by atoms with Crippen molar-refractivity contribution in [2.24, 2.45) is 29.1 Å². The molecule has 2 nitrogen and oxygen atoms in total. The molecule has 0 aromatic rings. The Hall–Kier alpha value is -0.940. The molecule has 6 atom stereocenters. The maximum Gasteiger partial charge on any atom is 0.153 e. The van der Waals surface area contributed by atoms with Crippen LogP contribution in [0.2, 0.25) is 0 Å². The van der Waals surface area contributed by atoms with Crippen LogP contribution in [0.4, 0.5) is 0 Å². The van der Waals surface area contributed by atoms with E-state index < -0.39 is 0 Å². The largest absolute Gasteiger partial charge is 0.282 e. The molecule has 1 saturated carbocycles. The van der Waals surface area contributed by atoms with E-state index in [2.05, 4.69) is 46.0 Å². The highest BCUT2D eigenvalue weighted by Gasteiger charge is 2.49. The third-order valence-corrected chi connectivity index (χ3v) is 4.98. The Morgan fingerprint density at radius 3 is 2.72 bits per heavy atom. The van der Waals surface area contributed by atoms with E-state index in [1.54, 1.807) is 0 Å². The van der Waals surface area contributed by atoms with E-state index >= 15 is 0 Å². The molecule has 2 aliphatic carbocycles. The van der Waals surface area contributed by atoms with Crippen molar-refractivity contribution in [3.63, 3.8) is 0 Å². The maximum absolute atomic E-state index is 5.49. The van der Waals surface area contributed by atoms with Crippen molar-refractivity contribution in [1.29, 1.82) is 0 Å². The second-order valence-corrected chi connectivity index (χ2v) is 6.49. The lowest BCUT2D eigenvalue weighted by Crippen LogP contribution is -2.49. The fourth-order valence-corrected chi connectivity index (χ4v) is 4.12. The monoisotopic (exact) mass is 248 g/mol. The summed E-state index contributed by atoms with van der Waals surface area (Å²) in [5.41, 5.74) is 0.215. The van der Waals surface area contributed by atoms with Crippen molar-refractivity contribution in [2.75, 3.05) is 0 Å². The van der Waals surface area contributed by atoms with Crippen molar-refractivity contribution in [1.82, 2.24) is 0 Å². The Labute approximate surface area is 111 Å². The van der Waals surface area contributed by atoms with Gasteiger partial charge in [0.25, 0.3) is 0 Å². The minimum atomic E-state index is 0.109. The third-order valence-electron chi connectivity index (χ3n) is 4.98. The number of hydrogen-bond acceptors (Lipinski definition) is 2. The van der Waals surface area contributed by atoms with Crippen molar-refractivity contribution in [2.45, 2.75) is 46.6 Å². The first-order chi connectivity index (χ1) is 8.48. The molecule has 0 heterocycles. The van der Waals surface area contributed by atoms with E-state index in [0.717, 1.165) is 6.42 Å². The molecule has 0 amide bonds. The van der Waals surface area contributed by atoms with Gasteiger partial charge >= 0.3 is 0 Å². The highest BCUT2D eigenvalue weighted by Crippen LogP contribution is 2.53. The van der Waals surface area contributed by atoms with Crippen LogP contribution in [-0.2, 0) is 9.78 Å². The van der Waals surface area contributed by atoms with Crippen LogP contribution in [0, 0.1) is 41.6 Å². The average Bonchev–Trinajstić information content (AvgIpc) is 2.30. The van der Waals surface area contributed by atoms with Crippen LogP contribution < -0.4 is 0 Å². The number of rotatable bonds is 2. The lowest BCUT2D eigenvalue weighted by molar-refractivity contribution is -0.306. The molecule has 0 radical (unpaired) electrons. The lowest BCUT2D eigenvalue weighted by Gasteiger charge is -2.51. The minimum absolute atomic E-state index is 0.109. The van der Waals surface area contributed by atoms with Crippen molar-refractivity contribution < 1.29 is 9.78 Å². The van der Waals surface area contributed by atoms with E-state index in [1.807, 2.05) is 0 Å². The van der Waals surface area contributed by atoms with Crippen LogP contribution in [0.3, 0.4) is 0 Å². The molecule has 4 unspecified atom stereocenters. The van der Waals surface area contributed by atoms with Gasteiger partial charge in [0.2, 0.25) is 0 Å². The van der Waals surface area contributed by atoms with Gasteiger partial charge < -0.3 is 0 Å². The molecule has 0 saturated heterocycles. The van der Waals surface area contributed by atoms with Gasteiger partial charge in [-0.25, -0.2) is 0 Å². The fraction of sp³-hybridized carbons (Fsp3) is 0.750. The molecule has 100 valence electrons. The summed E-state index contributed by atoms with van der Waals surface area (Å²) in [4.78, 5) is 10.3. The van der Waals surface area contributed by atoms with Crippen molar-refractivity contribution >= 4 is 0 Å². The molecular weight excluding hydrogens is 224 g/mol. The molecule has 0 aromatic carbocycles. The van der Waals surface area contributed by atoms with Crippen molar-refractivity contribution in [3.05, 3.63) is 12.2 Å². The second kappa shape index (κ2) is 4.97. The Bertz CT molecular complexity index is 368. The summed E-state index contributed by atoms with van der Waals surface area (Å²) in [6, 6.07) is 0. The number of terminal acetylenes is 1. The lowest BCUT2D eigenvalue weighted by atomic mass is 9.55. The van der Waals surface area contributed by atoms with E-state index in [4.69, 9.17) is 16.2 Å². The van der Waals surface area contributed by atoms with Gasteiger partial charge in [-0.05, 0) is 36.0 Å². The molecular formula is C16H24O2. The van der Waals surface area contributed by atoms with Gasteiger partial charge in [0.1, 0.15) is 6.10 Å². The standard InChI is InChI=1S/C16H24O2/c1-6-17-18-14-9-11(2)10-16(5)8-7-12(3)13(4)15(14)16/h1,7-8,11-15H,9-10H2,2-5H3/t11?,12-,13-,14?,15?,16?/m0/s1. The number of allylic oxidation sites excluding steroid dienone is 2. The SMILES string of the molecule is C#COOC1CC(C)CC2(C)C=C[C@H](C)[C@H](C)C12. The minimum Gasteiger partial charge on any atom is -0.282 e. The molecule has 0 spiro atoms. The van der Waals surface area contributed by atoms with Gasteiger partial charge in [-0.2, -0.15) is 4.89 Å². The molecule has 18 heavy (non-hydrogen) atoms. The second-order valence-electron chi connectivity index (χ2n) is 6.49. The van der Waals surface area contributed by atoms with E-state index in [-0.39, 0.29) is 11.5 Å². The molecule has 1 fully saturated rings. The maximum atomic E-state index is 5.49. The van der Waals surface area contributed by atoms with E-state index in [9.17, 15) is 0 Å². The predicted octanol–water partition coefficient (Wildman–Crippen LogP) is 3.79. The van der Waals surface area contributed by atoms with Gasteiger partial charge in [-0.15, -0.1) is 0 Å². The fourth-order valence-electron chi connectivity index (χ4n) is 4.12. The number of fused-ring (bicyclic) bond motifs is 1. The summed E-state index contributed by atoms with van der Waals surface area (Å²) in [5.74, 6) is 2.32. The van der Waals surface area contributed by atoms with Gasteiger partial charge in [0.05, 0.1) is 0 Å². The Morgan fingerprint density at radius 2 is 2.06 bits per heavy atom. The normalized spacial score (nSPS) is 47.2. The highest BCUT2D eigenvalue weighted by molar-refractivity contribution is 5.13. The molecule has 0 aliphatic heterocycles. The van der Waals surface area contributed by atoms with Crippen LogP contribution >= 0.6 is 0 Å². The summed E-state index contributed by atoms with van der Waals surface area (Å²) in [5, 5.41) is 0. The summed E-state index contributed by atoms with van der Waals surface area (Å²) < 4.78 is 0. The van der Waals surface area contributed by atoms with Crippen LogP contribution in [0.25, 0.3) is 0 Å². The zero-order valence-electron chi connectivity index (χ0n) is 11.8. The quantitative estimate of drug-likeness (QED) is 0.320. The highest BCUT2D eigenvalue weighted by atomic mass is 17.2. The summed E-state index contributed by atoms with van der Waals surface area (Å²) in [6.45, 7) is 9.22. The Morgan fingerprint density at radius 1 is 1.33 bits per heavy atom. The molecule has 2 aliphatic rings. The zero-order chi connectivity index (χ0) is 13.3. The molecule has 0 aromatic heterocycles. The Balaban J connectivity index is 2.26. The summed E-state index contributed by atoms with van der Waals surface area (Å²) >= 11 is 0. The third kappa shape index (κ3) is 2.29. The van der Waals surface area contributed by atoms with Crippen molar-refractivity contribution in [3.8, 4) is 12.5 Å². The van der Waals surface area contributed by atoms with Gasteiger partial charge in [-0.3, -0.25) is 4.89 Å². The van der Waals surface area contributed by atoms with Gasteiger partial charge in [0, 0.05) is 5.92 Å². The van der Waals surface area contributed by atoms with Gasteiger partial charge in [-0.1, -0.05) is 46.3 Å². The van der Waals surface area contributed by atoms with Crippen LogP contribution in [0.15, 0.2) is 12.2 Å². The number of hydrogen-bond donors (Lipinski definition) is 0. The average molecular weight is 248 g/mol. The van der Waals surface area contributed by atoms with Gasteiger partial charge in [0.15, 0.2) is 6.11 Å².